The monoisotopic (exact) mass is 371 g/mol. The van der Waals surface area contributed by atoms with Gasteiger partial charge in [-0.15, -0.1) is 0 Å². The van der Waals surface area contributed by atoms with Gasteiger partial charge in [-0.3, -0.25) is 5.73 Å². The molecule has 1 aromatic carbocycles. The Morgan fingerprint density at radius 1 is 1.37 bits per heavy atom. The largest absolute Gasteiger partial charge is 0.492 e. The van der Waals surface area contributed by atoms with E-state index >= 15 is 4.39 Å². The number of likely N-dealkylation sites (N-methyl/N-ethyl adjacent to an activating group) is 1. The summed E-state index contributed by atoms with van der Waals surface area (Å²) < 4.78 is 21.7. The number of benzene rings is 1. The minimum absolute atomic E-state index is 0.347. The summed E-state index contributed by atoms with van der Waals surface area (Å²) >= 11 is 0. The molecule has 0 fully saturated rings. The van der Waals surface area contributed by atoms with Gasteiger partial charge >= 0.3 is 0 Å². The quantitative estimate of drug-likeness (QED) is 0.636. The molecule has 1 atom stereocenters. The van der Waals surface area contributed by atoms with Crippen LogP contribution in [0.3, 0.4) is 0 Å². The van der Waals surface area contributed by atoms with E-state index in [0.29, 0.717) is 29.3 Å². The number of hydrogen-bond donors (Lipinski definition) is 4. The normalized spacial score (nSPS) is 24.7. The van der Waals surface area contributed by atoms with Crippen molar-refractivity contribution in [3.05, 3.63) is 46.4 Å². The first-order valence-corrected chi connectivity index (χ1v) is 9.43. The summed E-state index contributed by atoms with van der Waals surface area (Å²) in [5.74, 6) is -0.442. The fourth-order valence-electron chi connectivity index (χ4n) is 3.95. The molecule has 144 valence electrons. The lowest BCUT2D eigenvalue weighted by Gasteiger charge is -2.33. The predicted molar refractivity (Wildman–Crippen MR) is 105 cm³/mol. The molecule has 3 aliphatic rings. The van der Waals surface area contributed by atoms with E-state index in [4.69, 9.17) is 10.5 Å². The maximum Gasteiger partial charge on any atom is 0.214 e. The van der Waals surface area contributed by atoms with Gasteiger partial charge in [0.15, 0.2) is 0 Å². The summed E-state index contributed by atoms with van der Waals surface area (Å²) in [6.07, 6.45) is 6.41. The van der Waals surface area contributed by atoms with E-state index < -0.39 is 5.79 Å². The molecular formula is C20H26FN5O. The molecule has 0 bridgehead atoms. The first-order valence-electron chi connectivity index (χ1n) is 9.43. The molecule has 7 heteroatoms. The number of hydrogen-bond acceptors (Lipinski definition) is 6. The number of fused-ring (bicyclic) bond motifs is 1. The molecular weight excluding hydrogens is 345 g/mol. The van der Waals surface area contributed by atoms with Crippen LogP contribution in [-0.4, -0.2) is 32.6 Å². The number of rotatable bonds is 2. The van der Waals surface area contributed by atoms with Crippen LogP contribution in [0.4, 0.5) is 4.39 Å². The van der Waals surface area contributed by atoms with E-state index in [1.165, 1.54) is 0 Å². The highest BCUT2D eigenvalue weighted by Crippen LogP contribution is 2.42. The number of aliphatic imine (C=N–C) groups is 1. The number of nitrogens with one attached hydrogen (secondary N) is 3. The van der Waals surface area contributed by atoms with Crippen LogP contribution >= 0.6 is 0 Å². The van der Waals surface area contributed by atoms with E-state index in [0.717, 1.165) is 49.2 Å². The molecule has 1 unspecified atom stereocenters. The summed E-state index contributed by atoms with van der Waals surface area (Å²) in [7, 11) is 1.77. The summed E-state index contributed by atoms with van der Waals surface area (Å²) in [5.41, 5.74) is 10.2. The molecule has 1 aromatic rings. The van der Waals surface area contributed by atoms with Crippen LogP contribution in [-0.2, 0) is 12.2 Å². The third kappa shape index (κ3) is 3.21. The zero-order chi connectivity index (χ0) is 19.0. The lowest BCUT2D eigenvalue weighted by atomic mass is 9.91. The van der Waals surface area contributed by atoms with Gasteiger partial charge in [-0.1, -0.05) is 6.08 Å². The highest BCUT2D eigenvalue weighted by Gasteiger charge is 2.37. The molecule has 0 radical (unpaired) electrons. The number of amidine groups is 1. The number of nitrogens with zero attached hydrogens (tertiary/aromatic N) is 1. The average Bonchev–Trinajstić information content (AvgIpc) is 2.93. The van der Waals surface area contributed by atoms with Crippen LogP contribution in [0.1, 0.15) is 36.5 Å². The Balaban J connectivity index is 1.88. The van der Waals surface area contributed by atoms with Crippen LogP contribution in [0.25, 0.3) is 5.57 Å². The zero-order valence-electron chi connectivity index (χ0n) is 15.8. The van der Waals surface area contributed by atoms with Gasteiger partial charge in [0, 0.05) is 25.7 Å². The van der Waals surface area contributed by atoms with Crippen molar-refractivity contribution in [1.29, 1.82) is 0 Å². The second-order valence-electron chi connectivity index (χ2n) is 7.20. The predicted octanol–water partition coefficient (Wildman–Crippen LogP) is 1.72. The molecule has 0 aliphatic carbocycles. The minimum Gasteiger partial charge on any atom is -0.492 e. The molecule has 0 aromatic heterocycles. The topological polar surface area (TPSA) is 83.7 Å². The van der Waals surface area contributed by atoms with E-state index in [-0.39, 0.29) is 5.82 Å². The summed E-state index contributed by atoms with van der Waals surface area (Å²) in [5, 5.41) is 9.48. The van der Waals surface area contributed by atoms with Crippen molar-refractivity contribution in [2.75, 3.05) is 26.7 Å². The molecule has 6 nitrogen and oxygen atoms in total. The van der Waals surface area contributed by atoms with Gasteiger partial charge in [0.25, 0.3) is 0 Å². The van der Waals surface area contributed by atoms with Gasteiger partial charge in [0.05, 0.1) is 17.7 Å². The molecule has 3 aliphatic heterocycles. The molecule has 0 amide bonds. The number of ether oxygens (including phenoxy) is 1. The Bertz CT molecular complexity index is 860. The van der Waals surface area contributed by atoms with E-state index in [2.05, 4.69) is 27.0 Å². The Hall–Kier alpha value is -2.38. The fraction of sp³-hybridized carbons (Fsp3) is 0.450. The fourth-order valence-corrected chi connectivity index (χ4v) is 3.95. The SMILES string of the molecule is CNC1=NC(N)(c2cc3c(c(C4=CCNCCC4)c2F)OCC3)NC(C)=C1. The zero-order valence-corrected chi connectivity index (χ0v) is 15.8. The first-order chi connectivity index (χ1) is 13.0. The summed E-state index contributed by atoms with van der Waals surface area (Å²) in [4.78, 5) is 4.53. The van der Waals surface area contributed by atoms with Gasteiger partial charge < -0.3 is 20.7 Å². The maximum atomic E-state index is 15.9. The van der Waals surface area contributed by atoms with E-state index in [9.17, 15) is 0 Å². The summed E-state index contributed by atoms with van der Waals surface area (Å²) in [6, 6.07) is 1.80. The van der Waals surface area contributed by atoms with Crippen LogP contribution in [0, 0.1) is 5.82 Å². The van der Waals surface area contributed by atoms with Crippen molar-refractivity contribution < 1.29 is 9.13 Å². The van der Waals surface area contributed by atoms with Crippen molar-refractivity contribution >= 4 is 11.4 Å². The Kier molecular flexibility index (Phi) is 4.65. The van der Waals surface area contributed by atoms with Crippen molar-refractivity contribution in [3.8, 4) is 5.75 Å². The summed E-state index contributed by atoms with van der Waals surface area (Å²) in [6.45, 7) is 4.10. The molecule has 5 N–H and O–H groups in total. The van der Waals surface area contributed by atoms with Crippen molar-refractivity contribution in [2.45, 2.75) is 32.0 Å². The first kappa shape index (κ1) is 18.0. The molecule has 0 saturated heterocycles. The van der Waals surface area contributed by atoms with Gasteiger partial charge in [-0.25, -0.2) is 9.38 Å². The maximum absolute atomic E-state index is 15.9. The van der Waals surface area contributed by atoms with Gasteiger partial charge in [0.2, 0.25) is 5.79 Å². The van der Waals surface area contributed by atoms with Crippen molar-refractivity contribution in [1.82, 2.24) is 16.0 Å². The number of allylic oxidation sites excluding steroid dienone is 2. The minimum atomic E-state index is -1.36. The van der Waals surface area contributed by atoms with Crippen molar-refractivity contribution in [2.24, 2.45) is 10.7 Å². The third-order valence-electron chi connectivity index (χ3n) is 5.23. The van der Waals surface area contributed by atoms with Crippen LogP contribution < -0.4 is 26.4 Å². The second kappa shape index (κ2) is 6.98. The molecule has 0 saturated carbocycles. The molecule has 4 rings (SSSR count). The van der Waals surface area contributed by atoms with Crippen LogP contribution in [0.5, 0.6) is 5.75 Å². The lowest BCUT2D eigenvalue weighted by Crippen LogP contribution is -2.52. The standard InChI is InChI=1S/C20H26FN5O/c1-12-10-16(23-2)26-20(22,25-12)15-11-14-6-9-27-19(14)17(18(15)21)13-4-3-7-24-8-5-13/h5,10-11,24-25H,3-4,6-9,22H2,1-2H3,(H,23,26). The Labute approximate surface area is 158 Å². The smallest absolute Gasteiger partial charge is 0.214 e. The van der Waals surface area contributed by atoms with Crippen molar-refractivity contribution in [3.63, 3.8) is 0 Å². The Morgan fingerprint density at radius 2 is 2.22 bits per heavy atom. The number of halogens is 1. The third-order valence-corrected chi connectivity index (χ3v) is 5.23. The van der Waals surface area contributed by atoms with Crippen LogP contribution in [0.2, 0.25) is 0 Å². The van der Waals surface area contributed by atoms with E-state index in [1.54, 1.807) is 13.1 Å². The average molecular weight is 371 g/mol. The van der Waals surface area contributed by atoms with Gasteiger partial charge in [-0.05, 0) is 49.6 Å². The molecule has 0 spiro atoms. The Morgan fingerprint density at radius 3 is 3.04 bits per heavy atom. The molecule has 27 heavy (non-hydrogen) atoms. The highest BCUT2D eigenvalue weighted by atomic mass is 19.1. The van der Waals surface area contributed by atoms with E-state index in [1.807, 2.05) is 13.0 Å². The molecule has 3 heterocycles. The number of nitrogens with two attached hydrogens (primary N) is 1. The highest BCUT2D eigenvalue weighted by molar-refractivity contribution is 5.94. The van der Waals surface area contributed by atoms with Gasteiger partial charge in [-0.2, -0.15) is 0 Å². The van der Waals surface area contributed by atoms with Crippen LogP contribution in [0.15, 0.2) is 28.9 Å². The lowest BCUT2D eigenvalue weighted by molar-refractivity contribution is 0.350. The van der Waals surface area contributed by atoms with Gasteiger partial charge in [0.1, 0.15) is 17.4 Å². The second-order valence-corrected chi connectivity index (χ2v) is 7.20.